The van der Waals surface area contributed by atoms with Crippen molar-refractivity contribution in [2.45, 2.75) is 39.9 Å². The van der Waals surface area contributed by atoms with Crippen molar-refractivity contribution in [1.29, 1.82) is 0 Å². The van der Waals surface area contributed by atoms with Crippen LogP contribution in [0.2, 0.25) is 0 Å². The molecule has 0 spiro atoms. The predicted molar refractivity (Wildman–Crippen MR) is 113 cm³/mol. The van der Waals surface area contributed by atoms with Crippen molar-refractivity contribution in [3.63, 3.8) is 0 Å². The van der Waals surface area contributed by atoms with Crippen LogP contribution in [0.1, 0.15) is 26.3 Å². The van der Waals surface area contributed by atoms with Gasteiger partial charge < -0.3 is 9.80 Å². The third-order valence-corrected chi connectivity index (χ3v) is 5.65. The average molecular weight is 359 g/mol. The number of aromatic nitrogens is 1. The number of anilines is 3. The molecule has 0 N–H and O–H groups in total. The fourth-order valence-electron chi connectivity index (χ4n) is 4.42. The van der Waals surface area contributed by atoms with Crippen molar-refractivity contribution in [3.8, 4) is 11.3 Å². The van der Waals surface area contributed by atoms with E-state index in [0.717, 1.165) is 0 Å². The summed E-state index contributed by atoms with van der Waals surface area (Å²) in [5, 5.41) is 0. The second-order valence-corrected chi connectivity index (χ2v) is 7.64. The van der Waals surface area contributed by atoms with Crippen LogP contribution in [0.5, 0.6) is 0 Å². The maximum Gasteiger partial charge on any atom is 0.212 e. The zero-order valence-corrected chi connectivity index (χ0v) is 16.8. The molecule has 138 valence electrons. The summed E-state index contributed by atoms with van der Waals surface area (Å²) in [6.07, 6.45) is 2.39. The molecule has 0 bridgehead atoms. The molecular weight excluding hydrogens is 330 g/mol. The number of aryl methyl sites for hydroxylation is 1. The molecule has 1 aromatic heterocycles. The Kier molecular flexibility index (Phi) is 4.39. The fraction of sp³-hybridized carbons (Fsp3) is 0.292. The summed E-state index contributed by atoms with van der Waals surface area (Å²) in [6, 6.07) is 22.2. The first-order chi connectivity index (χ1) is 13.0. The number of rotatable bonds is 3. The lowest BCUT2D eigenvalue weighted by atomic mass is 10.0. The summed E-state index contributed by atoms with van der Waals surface area (Å²) in [7, 11) is 2.11. The first-order valence-electron chi connectivity index (χ1n) is 9.72. The minimum Gasteiger partial charge on any atom is -0.347 e. The number of hydrogen-bond donors (Lipinski definition) is 0. The summed E-state index contributed by atoms with van der Waals surface area (Å²) < 4.78 is 2.19. The molecule has 2 heterocycles. The zero-order chi connectivity index (χ0) is 19.1. The van der Waals surface area contributed by atoms with Gasteiger partial charge in [0.15, 0.2) is 6.20 Å². The highest BCUT2D eigenvalue weighted by Crippen LogP contribution is 2.46. The summed E-state index contributed by atoms with van der Waals surface area (Å²) in [5.74, 6) is 0. The van der Waals surface area contributed by atoms with Gasteiger partial charge in [0.05, 0.1) is 16.9 Å². The summed E-state index contributed by atoms with van der Waals surface area (Å²) >= 11 is 0. The van der Waals surface area contributed by atoms with E-state index in [2.05, 4.69) is 116 Å². The molecule has 2 aromatic carbocycles. The maximum atomic E-state index is 2.50. The number of para-hydroxylation sites is 2. The van der Waals surface area contributed by atoms with Gasteiger partial charge in [-0.05, 0) is 63.6 Å². The van der Waals surface area contributed by atoms with Gasteiger partial charge in [-0.15, -0.1) is 0 Å². The van der Waals surface area contributed by atoms with E-state index < -0.39 is 0 Å². The van der Waals surface area contributed by atoms with Crippen molar-refractivity contribution in [2.24, 2.45) is 7.05 Å². The highest BCUT2D eigenvalue weighted by Gasteiger charge is 2.35. The summed E-state index contributed by atoms with van der Waals surface area (Å²) in [6.45, 7) is 9.08. The van der Waals surface area contributed by atoms with Crippen LogP contribution in [0.4, 0.5) is 17.1 Å². The van der Waals surface area contributed by atoms with Gasteiger partial charge in [-0.1, -0.05) is 18.2 Å². The normalized spacial score (nSPS) is 16.1. The lowest BCUT2D eigenvalue weighted by molar-refractivity contribution is -0.660. The van der Waals surface area contributed by atoms with Gasteiger partial charge in [-0.2, -0.15) is 0 Å². The van der Waals surface area contributed by atoms with Gasteiger partial charge in [0.2, 0.25) is 5.69 Å². The van der Waals surface area contributed by atoms with Crippen LogP contribution < -0.4 is 14.4 Å². The van der Waals surface area contributed by atoms with E-state index in [-0.39, 0.29) is 6.17 Å². The van der Waals surface area contributed by atoms with Crippen molar-refractivity contribution in [3.05, 3.63) is 72.4 Å². The molecule has 3 heteroatoms. The van der Waals surface area contributed by atoms with E-state index in [1.54, 1.807) is 0 Å². The Bertz CT molecular complexity index is 977. The summed E-state index contributed by atoms with van der Waals surface area (Å²) in [4.78, 5) is 4.99. The molecule has 1 atom stereocenters. The Hall–Kier alpha value is -2.81. The molecule has 0 saturated carbocycles. The number of hydrogen-bond acceptors (Lipinski definition) is 2. The standard InChI is InChI=1S/C24H28N3/c1-17(2)26-19(4)27(24-14-7-6-13-23(24)26)21-15-10-11-20(18(21)3)22-12-8-9-16-25(22)5/h6-17,19H,1-5H3/q+1/t19-/m0/s1. The van der Waals surface area contributed by atoms with Gasteiger partial charge >= 0.3 is 0 Å². The van der Waals surface area contributed by atoms with E-state index in [1.165, 1.54) is 33.9 Å². The van der Waals surface area contributed by atoms with Gasteiger partial charge in [-0.3, -0.25) is 0 Å². The lowest BCUT2D eigenvalue weighted by Crippen LogP contribution is -2.42. The summed E-state index contributed by atoms with van der Waals surface area (Å²) in [5.41, 5.74) is 7.71. The average Bonchev–Trinajstić information content (AvgIpc) is 2.95. The van der Waals surface area contributed by atoms with Crippen LogP contribution >= 0.6 is 0 Å². The number of nitrogens with zero attached hydrogens (tertiary/aromatic N) is 3. The van der Waals surface area contributed by atoms with E-state index in [1.807, 2.05) is 0 Å². The van der Waals surface area contributed by atoms with E-state index in [0.29, 0.717) is 6.04 Å². The van der Waals surface area contributed by atoms with Crippen LogP contribution in [-0.2, 0) is 7.05 Å². The molecule has 0 amide bonds. The van der Waals surface area contributed by atoms with Crippen LogP contribution in [-0.4, -0.2) is 12.2 Å². The van der Waals surface area contributed by atoms with Crippen LogP contribution in [0, 0.1) is 6.92 Å². The molecule has 0 radical (unpaired) electrons. The first-order valence-corrected chi connectivity index (χ1v) is 9.72. The number of benzene rings is 2. The molecule has 1 aliphatic heterocycles. The molecule has 3 nitrogen and oxygen atoms in total. The first kappa shape index (κ1) is 17.6. The van der Waals surface area contributed by atoms with Crippen LogP contribution in [0.25, 0.3) is 11.3 Å². The predicted octanol–water partition coefficient (Wildman–Crippen LogP) is 5.20. The SMILES string of the molecule is Cc1c(-c2cccc[n+]2C)cccc1N1c2ccccc2N(C(C)C)[C@@H]1C. The third kappa shape index (κ3) is 2.78. The van der Waals surface area contributed by atoms with Crippen molar-refractivity contribution < 1.29 is 4.57 Å². The largest absolute Gasteiger partial charge is 0.347 e. The molecule has 1 aliphatic rings. The molecule has 27 heavy (non-hydrogen) atoms. The Morgan fingerprint density at radius 2 is 1.52 bits per heavy atom. The highest BCUT2D eigenvalue weighted by atomic mass is 15.4. The van der Waals surface area contributed by atoms with E-state index in [9.17, 15) is 0 Å². The maximum absolute atomic E-state index is 2.50. The second kappa shape index (κ2) is 6.73. The zero-order valence-electron chi connectivity index (χ0n) is 16.8. The molecule has 4 rings (SSSR count). The van der Waals surface area contributed by atoms with Crippen LogP contribution in [0.15, 0.2) is 66.9 Å². The smallest absolute Gasteiger partial charge is 0.212 e. The van der Waals surface area contributed by atoms with Gasteiger partial charge in [-0.25, -0.2) is 4.57 Å². The minimum atomic E-state index is 0.279. The number of pyridine rings is 1. The molecule has 0 aliphatic carbocycles. The topological polar surface area (TPSA) is 10.4 Å². The van der Waals surface area contributed by atoms with Crippen molar-refractivity contribution in [1.82, 2.24) is 0 Å². The molecule has 3 aromatic rings. The second-order valence-electron chi connectivity index (χ2n) is 7.64. The van der Waals surface area contributed by atoms with E-state index in [4.69, 9.17) is 0 Å². The van der Waals surface area contributed by atoms with Crippen molar-refractivity contribution in [2.75, 3.05) is 9.80 Å². The Balaban J connectivity index is 1.88. The van der Waals surface area contributed by atoms with Crippen molar-refractivity contribution >= 4 is 17.1 Å². The molecule has 0 saturated heterocycles. The minimum absolute atomic E-state index is 0.279. The van der Waals surface area contributed by atoms with Gasteiger partial charge in [0.25, 0.3) is 0 Å². The van der Waals surface area contributed by atoms with E-state index >= 15 is 0 Å². The fourth-order valence-corrected chi connectivity index (χ4v) is 4.42. The monoisotopic (exact) mass is 358 g/mol. The Morgan fingerprint density at radius 1 is 0.852 bits per heavy atom. The highest BCUT2D eigenvalue weighted by molar-refractivity contribution is 5.86. The van der Waals surface area contributed by atoms with Gasteiger partial charge in [0, 0.05) is 23.9 Å². The third-order valence-electron chi connectivity index (χ3n) is 5.65. The Labute approximate surface area is 162 Å². The quantitative estimate of drug-likeness (QED) is 0.596. The van der Waals surface area contributed by atoms with Gasteiger partial charge in [0.1, 0.15) is 13.2 Å². The van der Waals surface area contributed by atoms with Crippen LogP contribution in [0.3, 0.4) is 0 Å². The molecule has 0 unspecified atom stereocenters. The lowest BCUT2D eigenvalue weighted by Gasteiger charge is -2.33. The molecular formula is C24H28N3+. The number of fused-ring (bicyclic) bond motifs is 1. The molecule has 0 fully saturated rings. The Morgan fingerprint density at radius 3 is 2.22 bits per heavy atom.